The molecule has 9 N–H and O–H groups in total. The van der Waals surface area contributed by atoms with Crippen molar-refractivity contribution in [2.24, 2.45) is 0 Å². The van der Waals surface area contributed by atoms with E-state index in [2.05, 4.69) is 98.2 Å². The molecular weight excluding hydrogens is 931 g/mol. The number of rotatable bonds is 42. The van der Waals surface area contributed by atoms with Gasteiger partial charge in [-0.25, -0.2) is 0 Å². The first-order chi connectivity index (χ1) is 35.6. The smallest absolute Gasteiger partial charge is 0.220 e. The molecule has 418 valence electrons. The van der Waals surface area contributed by atoms with Gasteiger partial charge in [-0.15, -0.1) is 0 Å². The van der Waals surface area contributed by atoms with Gasteiger partial charge in [0.1, 0.15) is 48.8 Å². The maximum Gasteiger partial charge on any atom is 0.220 e. The quantitative estimate of drug-likeness (QED) is 0.0206. The van der Waals surface area contributed by atoms with Gasteiger partial charge in [-0.2, -0.15) is 0 Å². The lowest BCUT2D eigenvalue weighted by Gasteiger charge is -2.46. The highest BCUT2D eigenvalue weighted by Gasteiger charge is 2.51. The molecule has 2 aliphatic heterocycles. The molecular formula is C59H99NO13. The summed E-state index contributed by atoms with van der Waals surface area (Å²) in [6, 6.07) is -0.974. The number of carbonyl (C=O) groups is 1. The zero-order chi connectivity index (χ0) is 53.2. The Kier molecular flexibility index (Phi) is 39.9. The minimum absolute atomic E-state index is 0.186. The van der Waals surface area contributed by atoms with Gasteiger partial charge in [-0.3, -0.25) is 4.79 Å². The van der Waals surface area contributed by atoms with Crippen LogP contribution in [0.5, 0.6) is 0 Å². The second kappa shape index (κ2) is 44.1. The maximum atomic E-state index is 13.2. The minimum atomic E-state index is -1.80. The average Bonchev–Trinajstić information content (AvgIpc) is 3.39. The summed E-state index contributed by atoms with van der Waals surface area (Å²) in [5.74, 6) is -0.314. The Morgan fingerprint density at radius 1 is 0.507 bits per heavy atom. The first kappa shape index (κ1) is 66.0. The third-order valence-corrected chi connectivity index (χ3v) is 13.0. The summed E-state index contributed by atoms with van der Waals surface area (Å²) in [6.45, 7) is 2.60. The lowest BCUT2D eigenvalue weighted by Crippen LogP contribution is -2.65. The number of carbonyl (C=O) groups excluding carboxylic acids is 1. The van der Waals surface area contributed by atoms with Crippen LogP contribution in [0.3, 0.4) is 0 Å². The van der Waals surface area contributed by atoms with Gasteiger partial charge in [-0.05, 0) is 83.5 Å². The van der Waals surface area contributed by atoms with Crippen LogP contribution in [0, 0.1) is 0 Å². The summed E-state index contributed by atoms with van der Waals surface area (Å²) in [5.41, 5.74) is 0. The number of allylic oxidation sites excluding steroid dienone is 15. The van der Waals surface area contributed by atoms with Crippen molar-refractivity contribution in [2.45, 2.75) is 248 Å². The Labute approximate surface area is 439 Å². The van der Waals surface area contributed by atoms with Crippen LogP contribution in [-0.4, -0.2) is 140 Å². The van der Waals surface area contributed by atoms with E-state index >= 15 is 0 Å². The number of unbranched alkanes of at least 4 members (excludes halogenated alkanes) is 15. The molecule has 2 saturated heterocycles. The zero-order valence-corrected chi connectivity index (χ0v) is 44.6. The molecule has 2 heterocycles. The Hall–Kier alpha value is -3.09. The van der Waals surface area contributed by atoms with E-state index in [1.807, 2.05) is 12.2 Å². The van der Waals surface area contributed by atoms with Gasteiger partial charge in [-0.1, -0.05) is 182 Å². The van der Waals surface area contributed by atoms with Crippen molar-refractivity contribution in [3.8, 4) is 0 Å². The summed E-state index contributed by atoms with van der Waals surface area (Å²) in [7, 11) is 0. The predicted molar refractivity (Wildman–Crippen MR) is 290 cm³/mol. The number of hydrogen-bond donors (Lipinski definition) is 9. The van der Waals surface area contributed by atoms with E-state index in [1.165, 1.54) is 77.0 Å². The first-order valence-corrected chi connectivity index (χ1v) is 28.0. The van der Waals surface area contributed by atoms with Crippen LogP contribution in [0.4, 0.5) is 0 Å². The fourth-order valence-electron chi connectivity index (χ4n) is 8.47. The molecule has 2 rings (SSSR count). The summed E-state index contributed by atoms with van der Waals surface area (Å²) in [5, 5.41) is 86.9. The molecule has 0 radical (unpaired) electrons. The van der Waals surface area contributed by atoms with E-state index in [-0.39, 0.29) is 18.9 Å². The van der Waals surface area contributed by atoms with Gasteiger partial charge >= 0.3 is 0 Å². The Bertz CT molecular complexity index is 1590. The molecule has 14 nitrogen and oxygen atoms in total. The van der Waals surface area contributed by atoms with Crippen LogP contribution in [0.15, 0.2) is 97.2 Å². The number of ether oxygens (including phenoxy) is 4. The van der Waals surface area contributed by atoms with Crippen LogP contribution in [0.1, 0.15) is 174 Å². The fraction of sp³-hybridized carbons (Fsp3) is 0.712. The molecule has 12 atom stereocenters. The Balaban J connectivity index is 1.86. The Morgan fingerprint density at radius 2 is 0.959 bits per heavy atom. The van der Waals surface area contributed by atoms with Crippen molar-refractivity contribution in [1.29, 1.82) is 0 Å². The van der Waals surface area contributed by atoms with Gasteiger partial charge < -0.3 is 65.1 Å². The van der Waals surface area contributed by atoms with Gasteiger partial charge in [0.25, 0.3) is 0 Å². The van der Waals surface area contributed by atoms with E-state index in [9.17, 15) is 45.6 Å². The molecule has 0 saturated carbocycles. The summed E-state index contributed by atoms with van der Waals surface area (Å²) < 4.78 is 22.7. The first-order valence-electron chi connectivity index (χ1n) is 28.0. The lowest BCUT2D eigenvalue weighted by atomic mass is 9.97. The predicted octanol–water partition coefficient (Wildman–Crippen LogP) is 8.71. The van der Waals surface area contributed by atoms with Gasteiger partial charge in [0.15, 0.2) is 12.6 Å². The number of aliphatic hydroxyl groups excluding tert-OH is 8. The average molecular weight is 1030 g/mol. The van der Waals surface area contributed by atoms with Crippen LogP contribution < -0.4 is 5.32 Å². The standard InChI is InChI=1S/C59H99NO13/c1-3-5-7-9-11-13-15-17-19-21-22-23-24-25-27-28-30-32-34-36-38-40-42-48(63)47(60-51(64)43-41-39-37-35-33-31-29-26-20-18-16-14-12-10-8-6-4-2)46-70-58-56(69)54(67)57(50(45-62)72-58)73-59-55(68)53(66)52(65)49(44-61)71-59/h6,8,12,14,18,20,25,27,29,31-32,34-35,37,40,42,47-50,52-59,61-63,65-69H,3-5,7,9-11,13,15-17,19,21-24,26,28,30,33,36,38-39,41,43-46H2,1-2H3,(H,60,64)/b8-6-,14-12-,20-18-,27-25+,31-29-,34-32+,37-35-,42-40+. The molecule has 12 unspecified atom stereocenters. The van der Waals surface area contributed by atoms with Crippen LogP contribution in [0.2, 0.25) is 0 Å². The third-order valence-electron chi connectivity index (χ3n) is 13.0. The van der Waals surface area contributed by atoms with Crippen LogP contribution in [-0.2, 0) is 23.7 Å². The van der Waals surface area contributed by atoms with E-state index in [0.717, 1.165) is 57.8 Å². The second-order valence-corrected chi connectivity index (χ2v) is 19.3. The fourth-order valence-corrected chi connectivity index (χ4v) is 8.47. The molecule has 2 aliphatic rings. The Morgan fingerprint density at radius 3 is 1.51 bits per heavy atom. The van der Waals surface area contributed by atoms with Crippen molar-refractivity contribution in [3.05, 3.63) is 97.2 Å². The number of hydrogen-bond acceptors (Lipinski definition) is 13. The van der Waals surface area contributed by atoms with Crippen molar-refractivity contribution in [3.63, 3.8) is 0 Å². The van der Waals surface area contributed by atoms with E-state index in [1.54, 1.807) is 6.08 Å². The molecule has 0 aliphatic carbocycles. The largest absolute Gasteiger partial charge is 0.394 e. The summed E-state index contributed by atoms with van der Waals surface area (Å²) >= 11 is 0. The van der Waals surface area contributed by atoms with Crippen LogP contribution >= 0.6 is 0 Å². The molecule has 0 aromatic rings. The minimum Gasteiger partial charge on any atom is -0.394 e. The lowest BCUT2D eigenvalue weighted by molar-refractivity contribution is -0.359. The molecule has 73 heavy (non-hydrogen) atoms. The van der Waals surface area contributed by atoms with Crippen molar-refractivity contribution >= 4 is 5.91 Å². The van der Waals surface area contributed by atoms with Crippen LogP contribution in [0.25, 0.3) is 0 Å². The summed E-state index contributed by atoms with van der Waals surface area (Å²) in [6.07, 6.45) is 43.1. The number of aliphatic hydroxyl groups is 8. The molecule has 0 aromatic heterocycles. The van der Waals surface area contributed by atoms with Gasteiger partial charge in [0.2, 0.25) is 5.91 Å². The molecule has 0 spiro atoms. The normalized spacial score (nSPS) is 26.2. The van der Waals surface area contributed by atoms with Crippen molar-refractivity contribution in [1.82, 2.24) is 5.32 Å². The number of nitrogens with one attached hydrogen (secondary N) is 1. The molecule has 1 amide bonds. The second-order valence-electron chi connectivity index (χ2n) is 19.3. The van der Waals surface area contributed by atoms with E-state index in [4.69, 9.17) is 18.9 Å². The van der Waals surface area contributed by atoms with E-state index < -0.39 is 86.8 Å². The summed E-state index contributed by atoms with van der Waals surface area (Å²) in [4.78, 5) is 13.2. The third kappa shape index (κ3) is 30.3. The zero-order valence-electron chi connectivity index (χ0n) is 44.6. The highest BCUT2D eigenvalue weighted by molar-refractivity contribution is 5.76. The topological polar surface area (TPSA) is 228 Å². The molecule has 0 bridgehead atoms. The monoisotopic (exact) mass is 1030 g/mol. The van der Waals surface area contributed by atoms with Crippen molar-refractivity contribution in [2.75, 3.05) is 19.8 Å². The SMILES string of the molecule is CC/C=C\C/C=C\C/C=C\C/C=C\C/C=C\CCCC(=O)NC(COC1OC(CO)C(OC2OC(CO)C(O)C(O)C2O)C(O)C1O)C(O)/C=C/CC/C=C/CC/C=C/CCCCCCCCCCCCCC. The van der Waals surface area contributed by atoms with Crippen molar-refractivity contribution < 1.29 is 64.6 Å². The highest BCUT2D eigenvalue weighted by Crippen LogP contribution is 2.30. The highest BCUT2D eigenvalue weighted by atomic mass is 16.7. The number of amides is 1. The van der Waals surface area contributed by atoms with Gasteiger partial charge in [0, 0.05) is 6.42 Å². The van der Waals surface area contributed by atoms with E-state index in [0.29, 0.717) is 19.3 Å². The maximum absolute atomic E-state index is 13.2. The molecule has 2 fully saturated rings. The molecule has 14 heteroatoms. The molecule has 0 aromatic carbocycles. The van der Waals surface area contributed by atoms with Gasteiger partial charge in [0.05, 0.1) is 32.0 Å².